The zero-order valence-electron chi connectivity index (χ0n) is 14.8. The molecule has 0 atom stereocenters. The summed E-state index contributed by atoms with van der Waals surface area (Å²) in [6.45, 7) is 0. The van der Waals surface area contributed by atoms with E-state index in [0.29, 0.717) is 22.2 Å². The molecule has 1 aromatic heterocycles. The number of carbonyl (C=O) groups is 1. The van der Waals surface area contributed by atoms with Crippen molar-refractivity contribution in [2.45, 2.75) is 0 Å². The van der Waals surface area contributed by atoms with Gasteiger partial charge in [0.05, 0.1) is 36.8 Å². The minimum Gasteiger partial charge on any atom is -0.495 e. The number of anilines is 1. The van der Waals surface area contributed by atoms with Crippen LogP contribution >= 0.6 is 11.6 Å². The summed E-state index contributed by atoms with van der Waals surface area (Å²) in [5.41, 5.74) is 2.20. The van der Waals surface area contributed by atoms with Crippen LogP contribution in [0.25, 0.3) is 11.8 Å². The zero-order valence-corrected chi connectivity index (χ0v) is 15.6. The van der Waals surface area contributed by atoms with Crippen molar-refractivity contribution in [2.24, 2.45) is 0 Å². The van der Waals surface area contributed by atoms with E-state index in [1.165, 1.54) is 20.3 Å². The van der Waals surface area contributed by atoms with Crippen molar-refractivity contribution in [3.63, 3.8) is 0 Å². The predicted octanol–water partition coefficient (Wildman–Crippen LogP) is 4.19. The third kappa shape index (κ3) is 4.48. The van der Waals surface area contributed by atoms with E-state index in [1.54, 1.807) is 29.1 Å². The van der Waals surface area contributed by atoms with Gasteiger partial charge in [-0.25, -0.2) is 4.68 Å². The first-order valence-corrected chi connectivity index (χ1v) is 8.49. The summed E-state index contributed by atoms with van der Waals surface area (Å²) < 4.78 is 12.2. The van der Waals surface area contributed by atoms with E-state index in [1.807, 2.05) is 36.5 Å². The van der Waals surface area contributed by atoms with Gasteiger partial charge >= 0.3 is 0 Å². The third-order valence-electron chi connectivity index (χ3n) is 3.78. The van der Waals surface area contributed by atoms with Crippen molar-refractivity contribution in [1.82, 2.24) is 9.78 Å². The topological polar surface area (TPSA) is 65.4 Å². The molecule has 0 saturated heterocycles. The molecule has 1 heterocycles. The fourth-order valence-electron chi connectivity index (χ4n) is 2.45. The van der Waals surface area contributed by atoms with Gasteiger partial charge in [-0.3, -0.25) is 4.79 Å². The van der Waals surface area contributed by atoms with Crippen LogP contribution in [-0.2, 0) is 4.79 Å². The summed E-state index contributed by atoms with van der Waals surface area (Å²) in [5.74, 6) is 0.604. The van der Waals surface area contributed by atoms with Crippen LogP contribution < -0.4 is 14.8 Å². The molecule has 1 N–H and O–H groups in total. The number of carbonyl (C=O) groups excluding carboxylic acids is 1. The van der Waals surface area contributed by atoms with Crippen LogP contribution in [0, 0.1) is 0 Å². The van der Waals surface area contributed by atoms with Gasteiger partial charge in [0.25, 0.3) is 0 Å². The van der Waals surface area contributed by atoms with Crippen molar-refractivity contribution in [2.75, 3.05) is 19.5 Å². The first-order valence-electron chi connectivity index (χ1n) is 8.11. The van der Waals surface area contributed by atoms with Crippen molar-refractivity contribution in [3.8, 4) is 17.2 Å². The third-order valence-corrected chi connectivity index (χ3v) is 4.08. The molecule has 0 aliphatic carbocycles. The fraction of sp³-hybridized carbons (Fsp3) is 0.100. The number of nitrogens with one attached hydrogen (secondary N) is 1. The van der Waals surface area contributed by atoms with Gasteiger partial charge in [0, 0.05) is 23.9 Å². The van der Waals surface area contributed by atoms with E-state index >= 15 is 0 Å². The second-order valence-corrected chi connectivity index (χ2v) is 5.97. The van der Waals surface area contributed by atoms with E-state index in [4.69, 9.17) is 21.1 Å². The Kier molecular flexibility index (Phi) is 5.78. The average Bonchev–Trinajstić information content (AvgIpc) is 3.16. The number of aromatic nitrogens is 2. The molecule has 7 heteroatoms. The Morgan fingerprint density at radius 1 is 1.15 bits per heavy atom. The smallest absolute Gasteiger partial charge is 0.248 e. The number of hydrogen-bond acceptors (Lipinski definition) is 4. The molecule has 6 nitrogen and oxygen atoms in total. The zero-order chi connectivity index (χ0) is 19.2. The van der Waals surface area contributed by atoms with Gasteiger partial charge in [-0.05, 0) is 24.3 Å². The van der Waals surface area contributed by atoms with Gasteiger partial charge in [-0.2, -0.15) is 5.10 Å². The van der Waals surface area contributed by atoms with E-state index in [-0.39, 0.29) is 5.91 Å². The molecule has 0 saturated carbocycles. The summed E-state index contributed by atoms with van der Waals surface area (Å²) in [5, 5.41) is 7.41. The van der Waals surface area contributed by atoms with E-state index in [0.717, 1.165) is 11.3 Å². The van der Waals surface area contributed by atoms with Gasteiger partial charge in [-0.15, -0.1) is 0 Å². The van der Waals surface area contributed by atoms with Crippen molar-refractivity contribution >= 4 is 29.3 Å². The Balaban J connectivity index is 1.71. The van der Waals surface area contributed by atoms with Crippen LogP contribution in [0.4, 0.5) is 5.69 Å². The minimum atomic E-state index is -0.318. The number of ether oxygens (including phenoxy) is 2. The number of benzene rings is 2. The molecule has 138 valence electrons. The standard InChI is InChI=1S/C20H18ClN3O3/c1-26-18-11-19(27-2)17(10-16(18)21)23-20(25)9-8-14-12-22-24(13-14)15-6-4-3-5-7-15/h3-13H,1-2H3,(H,23,25)/b9-8+. The fourth-order valence-corrected chi connectivity index (χ4v) is 2.69. The van der Waals surface area contributed by atoms with Crippen LogP contribution in [0.15, 0.2) is 60.9 Å². The molecular weight excluding hydrogens is 366 g/mol. The SMILES string of the molecule is COc1cc(OC)c(NC(=O)/C=C/c2cnn(-c3ccccc3)c2)cc1Cl. The maximum atomic E-state index is 12.2. The van der Waals surface area contributed by atoms with Crippen molar-refractivity contribution < 1.29 is 14.3 Å². The van der Waals surface area contributed by atoms with Gasteiger partial charge in [-0.1, -0.05) is 29.8 Å². The Morgan fingerprint density at radius 2 is 1.89 bits per heavy atom. The lowest BCUT2D eigenvalue weighted by Crippen LogP contribution is -2.09. The van der Waals surface area contributed by atoms with E-state index in [9.17, 15) is 4.79 Å². The van der Waals surface area contributed by atoms with Gasteiger partial charge < -0.3 is 14.8 Å². The van der Waals surface area contributed by atoms with Crippen LogP contribution in [0.3, 0.4) is 0 Å². The highest BCUT2D eigenvalue weighted by molar-refractivity contribution is 6.32. The largest absolute Gasteiger partial charge is 0.495 e. The lowest BCUT2D eigenvalue weighted by Gasteiger charge is -2.12. The summed E-state index contributed by atoms with van der Waals surface area (Å²) in [7, 11) is 3.02. The first kappa shape index (κ1) is 18.5. The summed E-state index contributed by atoms with van der Waals surface area (Å²) in [6, 6.07) is 12.9. The molecule has 27 heavy (non-hydrogen) atoms. The molecule has 0 fully saturated rings. The van der Waals surface area contributed by atoms with Gasteiger partial charge in [0.2, 0.25) is 5.91 Å². The first-order chi connectivity index (χ1) is 13.1. The highest BCUT2D eigenvalue weighted by Gasteiger charge is 2.11. The molecule has 3 rings (SSSR count). The number of amides is 1. The number of methoxy groups -OCH3 is 2. The molecule has 1 amide bonds. The molecular formula is C20H18ClN3O3. The van der Waals surface area contributed by atoms with Crippen LogP contribution in [0.1, 0.15) is 5.56 Å². The minimum absolute atomic E-state index is 0.318. The quantitative estimate of drug-likeness (QED) is 0.648. The second-order valence-electron chi connectivity index (χ2n) is 5.56. The molecule has 0 aliphatic heterocycles. The number of halogens is 1. The molecule has 0 bridgehead atoms. The van der Waals surface area contributed by atoms with E-state index in [2.05, 4.69) is 10.4 Å². The molecule has 0 radical (unpaired) electrons. The number of hydrogen-bond donors (Lipinski definition) is 1. The summed E-state index contributed by atoms with van der Waals surface area (Å²) in [4.78, 5) is 12.2. The normalized spacial score (nSPS) is 10.8. The highest BCUT2D eigenvalue weighted by Crippen LogP contribution is 2.35. The van der Waals surface area contributed by atoms with Crippen LogP contribution in [0.5, 0.6) is 11.5 Å². The van der Waals surface area contributed by atoms with Crippen molar-refractivity contribution in [3.05, 3.63) is 71.5 Å². The highest BCUT2D eigenvalue weighted by atomic mass is 35.5. The molecule has 0 aliphatic rings. The summed E-state index contributed by atoms with van der Waals surface area (Å²) >= 11 is 6.11. The maximum absolute atomic E-state index is 12.2. The Labute approximate surface area is 162 Å². The number of nitrogens with zero attached hydrogens (tertiary/aromatic N) is 2. The van der Waals surface area contributed by atoms with Gasteiger partial charge in [0.15, 0.2) is 0 Å². The lowest BCUT2D eigenvalue weighted by atomic mass is 10.2. The van der Waals surface area contributed by atoms with Crippen LogP contribution in [-0.4, -0.2) is 29.9 Å². The monoisotopic (exact) mass is 383 g/mol. The number of para-hydroxylation sites is 1. The number of rotatable bonds is 6. The summed E-state index contributed by atoms with van der Waals surface area (Å²) in [6.07, 6.45) is 6.62. The molecule has 2 aromatic carbocycles. The van der Waals surface area contributed by atoms with Crippen LogP contribution in [0.2, 0.25) is 5.02 Å². The predicted molar refractivity (Wildman–Crippen MR) is 106 cm³/mol. The lowest BCUT2D eigenvalue weighted by molar-refractivity contribution is -0.111. The Bertz CT molecular complexity index is 968. The van der Waals surface area contributed by atoms with Gasteiger partial charge in [0.1, 0.15) is 11.5 Å². The Morgan fingerprint density at radius 3 is 2.59 bits per heavy atom. The second kappa shape index (κ2) is 8.42. The van der Waals surface area contributed by atoms with Crippen molar-refractivity contribution in [1.29, 1.82) is 0 Å². The maximum Gasteiger partial charge on any atom is 0.248 e. The molecule has 0 spiro atoms. The molecule has 3 aromatic rings. The average molecular weight is 384 g/mol. The Hall–Kier alpha value is -3.25. The van der Waals surface area contributed by atoms with E-state index < -0.39 is 0 Å². The molecule has 0 unspecified atom stereocenters.